The van der Waals surface area contributed by atoms with Crippen LogP contribution in [0, 0.1) is 12.7 Å². The maximum Gasteiger partial charge on any atom is 0.336 e. The number of aryl methyl sites for hydroxylation is 1. The van der Waals surface area contributed by atoms with E-state index >= 15 is 0 Å². The number of rotatable bonds is 4. The van der Waals surface area contributed by atoms with Crippen molar-refractivity contribution in [2.45, 2.75) is 33.4 Å². The maximum atomic E-state index is 13.4. The lowest BCUT2D eigenvalue weighted by molar-refractivity contribution is -0.122. The average molecular weight is 375 g/mol. The Morgan fingerprint density at radius 3 is 2.65 bits per heavy atom. The van der Waals surface area contributed by atoms with E-state index in [9.17, 15) is 18.8 Å². The molecule has 3 aromatic rings. The van der Waals surface area contributed by atoms with Gasteiger partial charge in [0.1, 0.15) is 17.1 Å². The normalized spacial score (nSPS) is 11.3. The topological polar surface area (TPSA) is 73.1 Å². The largest absolute Gasteiger partial charge is 0.352 e. The zero-order chi connectivity index (χ0) is 19.0. The fraction of sp³-hybridized carbons (Fsp3) is 0.278. The number of fused-ring (bicyclic) bond motifs is 1. The Balaban J connectivity index is 2.26. The van der Waals surface area contributed by atoms with Gasteiger partial charge in [-0.2, -0.15) is 0 Å². The van der Waals surface area contributed by atoms with Gasteiger partial charge in [0, 0.05) is 6.04 Å². The number of amides is 1. The van der Waals surface area contributed by atoms with Gasteiger partial charge in [0.25, 0.3) is 5.56 Å². The molecule has 6 nitrogen and oxygen atoms in total. The third-order valence-corrected chi connectivity index (χ3v) is 4.80. The second kappa shape index (κ2) is 6.87. The average Bonchev–Trinajstić information content (AvgIpc) is 3.02. The Bertz CT molecular complexity index is 1110. The molecular formula is C18H18FN3O3S. The van der Waals surface area contributed by atoms with Crippen molar-refractivity contribution in [2.75, 3.05) is 0 Å². The van der Waals surface area contributed by atoms with Gasteiger partial charge in [0.15, 0.2) is 0 Å². The van der Waals surface area contributed by atoms with Crippen molar-refractivity contribution in [3.63, 3.8) is 0 Å². The smallest absolute Gasteiger partial charge is 0.336 e. The number of nitrogens with zero attached hydrogens (tertiary/aromatic N) is 2. The lowest BCUT2D eigenvalue weighted by atomic mass is 10.2. The summed E-state index contributed by atoms with van der Waals surface area (Å²) in [6.45, 7) is 5.07. The maximum absolute atomic E-state index is 13.4. The van der Waals surface area contributed by atoms with Gasteiger partial charge in [-0.05, 0) is 56.0 Å². The number of benzene rings is 1. The molecule has 0 bridgehead atoms. The molecule has 0 radical (unpaired) electrons. The van der Waals surface area contributed by atoms with Crippen LogP contribution in [0.25, 0.3) is 15.9 Å². The van der Waals surface area contributed by atoms with Crippen molar-refractivity contribution < 1.29 is 9.18 Å². The number of thiophene rings is 1. The van der Waals surface area contributed by atoms with Crippen LogP contribution in [0.4, 0.5) is 4.39 Å². The van der Waals surface area contributed by atoms with Crippen LogP contribution in [0.3, 0.4) is 0 Å². The van der Waals surface area contributed by atoms with E-state index in [1.807, 2.05) is 13.8 Å². The fourth-order valence-corrected chi connectivity index (χ4v) is 3.66. The minimum atomic E-state index is -0.630. The first-order valence-corrected chi connectivity index (χ1v) is 8.96. The van der Waals surface area contributed by atoms with E-state index in [0.29, 0.717) is 21.5 Å². The molecule has 2 heterocycles. The minimum absolute atomic E-state index is 0.0681. The second-order valence-corrected chi connectivity index (χ2v) is 7.21. The molecule has 0 aliphatic heterocycles. The molecule has 1 N–H and O–H groups in total. The monoisotopic (exact) mass is 375 g/mol. The molecule has 26 heavy (non-hydrogen) atoms. The van der Waals surface area contributed by atoms with Crippen molar-refractivity contribution in [1.82, 2.24) is 14.5 Å². The molecule has 0 atom stereocenters. The van der Waals surface area contributed by atoms with E-state index in [0.717, 1.165) is 4.57 Å². The molecule has 8 heteroatoms. The zero-order valence-electron chi connectivity index (χ0n) is 14.6. The molecular weight excluding hydrogens is 357 g/mol. The van der Waals surface area contributed by atoms with Gasteiger partial charge in [-0.3, -0.25) is 14.2 Å². The number of hydrogen-bond acceptors (Lipinski definition) is 4. The van der Waals surface area contributed by atoms with Crippen LogP contribution in [-0.2, 0) is 11.3 Å². The Labute approximate surface area is 152 Å². The summed E-state index contributed by atoms with van der Waals surface area (Å²) in [4.78, 5) is 38.0. The number of hydrogen-bond donors (Lipinski definition) is 1. The third kappa shape index (κ3) is 3.20. The molecule has 3 rings (SSSR count). The summed E-state index contributed by atoms with van der Waals surface area (Å²) in [5.74, 6) is -0.774. The van der Waals surface area contributed by atoms with Crippen LogP contribution in [0.5, 0.6) is 0 Å². The van der Waals surface area contributed by atoms with Gasteiger partial charge in [-0.25, -0.2) is 13.8 Å². The summed E-state index contributed by atoms with van der Waals surface area (Å²) in [5.41, 5.74) is 0.0673. The van der Waals surface area contributed by atoms with Crippen LogP contribution in [0.1, 0.15) is 19.4 Å². The van der Waals surface area contributed by atoms with Crippen molar-refractivity contribution in [3.05, 3.63) is 61.9 Å². The summed E-state index contributed by atoms with van der Waals surface area (Å²) in [7, 11) is 0. The van der Waals surface area contributed by atoms with Gasteiger partial charge >= 0.3 is 5.69 Å². The predicted molar refractivity (Wildman–Crippen MR) is 99.7 cm³/mol. The first-order chi connectivity index (χ1) is 12.3. The van der Waals surface area contributed by atoms with Crippen LogP contribution < -0.4 is 16.6 Å². The summed E-state index contributed by atoms with van der Waals surface area (Å²) in [5, 5.41) is 4.43. The number of halogens is 1. The summed E-state index contributed by atoms with van der Waals surface area (Å²) in [6.07, 6.45) is 0. The first kappa shape index (κ1) is 18.1. The van der Waals surface area contributed by atoms with Crippen molar-refractivity contribution in [1.29, 1.82) is 0 Å². The quantitative estimate of drug-likeness (QED) is 0.760. The number of aromatic nitrogens is 2. The van der Waals surface area contributed by atoms with E-state index < -0.39 is 17.1 Å². The lowest BCUT2D eigenvalue weighted by Gasteiger charge is -2.14. The molecule has 0 spiro atoms. The molecule has 0 saturated carbocycles. The van der Waals surface area contributed by atoms with Crippen molar-refractivity contribution >= 4 is 27.5 Å². The van der Waals surface area contributed by atoms with E-state index in [1.165, 1.54) is 34.1 Å². The van der Waals surface area contributed by atoms with Crippen LogP contribution in [-0.4, -0.2) is 21.1 Å². The Morgan fingerprint density at radius 1 is 1.27 bits per heavy atom. The Morgan fingerprint density at radius 2 is 2.00 bits per heavy atom. The molecule has 0 unspecified atom stereocenters. The molecule has 0 fully saturated rings. The van der Waals surface area contributed by atoms with Crippen molar-refractivity contribution in [3.8, 4) is 5.69 Å². The summed E-state index contributed by atoms with van der Waals surface area (Å²) >= 11 is 1.20. The number of carbonyl (C=O) groups excluding carboxylic acids is 1. The SMILES string of the molecule is Cc1cc(F)ccc1-n1c(=O)c2sccc2n(CC(=O)NC(C)C)c1=O. The van der Waals surface area contributed by atoms with E-state index in [-0.39, 0.29) is 18.5 Å². The van der Waals surface area contributed by atoms with Gasteiger partial charge in [-0.1, -0.05) is 0 Å². The predicted octanol–water partition coefficient (Wildman–Crippen LogP) is 2.19. The summed E-state index contributed by atoms with van der Waals surface area (Å²) < 4.78 is 16.1. The minimum Gasteiger partial charge on any atom is -0.352 e. The highest BCUT2D eigenvalue weighted by atomic mass is 32.1. The molecule has 1 amide bonds. The zero-order valence-corrected chi connectivity index (χ0v) is 15.4. The highest BCUT2D eigenvalue weighted by molar-refractivity contribution is 7.17. The van der Waals surface area contributed by atoms with Crippen LogP contribution in [0.15, 0.2) is 39.2 Å². The molecule has 136 valence electrons. The highest BCUT2D eigenvalue weighted by Crippen LogP contribution is 2.18. The molecule has 2 aromatic heterocycles. The third-order valence-electron chi connectivity index (χ3n) is 3.91. The number of carbonyl (C=O) groups is 1. The van der Waals surface area contributed by atoms with E-state index in [1.54, 1.807) is 18.4 Å². The Kier molecular flexibility index (Phi) is 4.78. The van der Waals surface area contributed by atoms with Gasteiger partial charge in [0.2, 0.25) is 5.91 Å². The molecule has 0 aliphatic carbocycles. The lowest BCUT2D eigenvalue weighted by Crippen LogP contribution is -2.42. The standard InChI is InChI=1S/C18H18FN3O3S/c1-10(2)20-15(23)9-21-14-6-7-26-16(14)17(24)22(18(21)25)13-5-4-12(19)8-11(13)3/h4-8,10H,9H2,1-3H3,(H,20,23). The van der Waals surface area contributed by atoms with Gasteiger partial charge < -0.3 is 5.32 Å². The fourth-order valence-electron chi connectivity index (χ4n) is 2.83. The van der Waals surface area contributed by atoms with E-state index in [4.69, 9.17) is 0 Å². The van der Waals surface area contributed by atoms with Crippen LogP contribution >= 0.6 is 11.3 Å². The molecule has 0 saturated heterocycles. The molecule has 0 aliphatic rings. The highest BCUT2D eigenvalue weighted by Gasteiger charge is 2.18. The Hall–Kier alpha value is -2.74. The van der Waals surface area contributed by atoms with Gasteiger partial charge in [-0.15, -0.1) is 11.3 Å². The summed E-state index contributed by atoms with van der Waals surface area (Å²) in [6, 6.07) is 5.43. The van der Waals surface area contributed by atoms with Crippen LogP contribution in [0.2, 0.25) is 0 Å². The van der Waals surface area contributed by atoms with Crippen molar-refractivity contribution in [2.24, 2.45) is 0 Å². The second-order valence-electron chi connectivity index (χ2n) is 6.30. The molecule has 1 aromatic carbocycles. The van der Waals surface area contributed by atoms with Gasteiger partial charge in [0.05, 0.1) is 11.2 Å². The first-order valence-electron chi connectivity index (χ1n) is 8.08. The van der Waals surface area contributed by atoms with E-state index in [2.05, 4.69) is 5.32 Å². The number of nitrogens with one attached hydrogen (secondary N) is 1.